The number of alkyl halides is 3. The fourth-order valence-corrected chi connectivity index (χ4v) is 5.55. The SMILES string of the molecule is COc1ccc([C@H]2CCCN2S(=O)(=O)c2ccc(Cl)cc2C(F)(F)F)c(OC)c1. The summed E-state index contributed by atoms with van der Waals surface area (Å²) in [5, 5.41) is -0.189. The van der Waals surface area contributed by atoms with Gasteiger partial charge in [-0.25, -0.2) is 8.42 Å². The number of rotatable bonds is 5. The summed E-state index contributed by atoms with van der Waals surface area (Å²) in [5.41, 5.74) is -0.714. The Morgan fingerprint density at radius 2 is 1.83 bits per heavy atom. The van der Waals surface area contributed by atoms with E-state index in [1.165, 1.54) is 14.2 Å². The molecule has 3 rings (SSSR count). The van der Waals surface area contributed by atoms with Crippen LogP contribution in [0, 0.1) is 0 Å². The van der Waals surface area contributed by atoms with Gasteiger partial charge in [0, 0.05) is 23.2 Å². The molecule has 0 aromatic heterocycles. The molecule has 0 radical (unpaired) electrons. The standard InChI is InChI=1S/C19H19ClF3NO4S/c1-27-13-6-7-14(17(11-13)28-2)16-4-3-9-24(16)29(25,26)18-8-5-12(20)10-15(18)19(21,22)23/h5-8,10-11,16H,3-4,9H2,1-2H3/t16-/m1/s1. The van der Waals surface area contributed by atoms with Crippen LogP contribution < -0.4 is 9.47 Å². The minimum absolute atomic E-state index is 0.0993. The largest absolute Gasteiger partial charge is 0.497 e. The fourth-order valence-electron chi connectivity index (χ4n) is 3.51. The molecule has 10 heteroatoms. The molecule has 158 valence electrons. The van der Waals surface area contributed by atoms with Crippen molar-refractivity contribution < 1.29 is 31.1 Å². The van der Waals surface area contributed by atoms with Gasteiger partial charge in [0.25, 0.3) is 0 Å². The lowest BCUT2D eigenvalue weighted by Crippen LogP contribution is -2.32. The maximum Gasteiger partial charge on any atom is 0.417 e. The lowest BCUT2D eigenvalue weighted by molar-refractivity contribution is -0.139. The highest BCUT2D eigenvalue weighted by Gasteiger charge is 2.43. The molecule has 0 N–H and O–H groups in total. The zero-order valence-electron chi connectivity index (χ0n) is 15.7. The summed E-state index contributed by atoms with van der Waals surface area (Å²) in [6.07, 6.45) is -3.90. The van der Waals surface area contributed by atoms with E-state index in [-0.39, 0.29) is 11.6 Å². The minimum Gasteiger partial charge on any atom is -0.497 e. The third kappa shape index (κ3) is 4.17. The van der Waals surface area contributed by atoms with E-state index in [0.29, 0.717) is 36.0 Å². The van der Waals surface area contributed by atoms with Gasteiger partial charge in [0.2, 0.25) is 10.0 Å². The van der Waals surface area contributed by atoms with Crippen molar-refractivity contribution in [3.05, 3.63) is 52.5 Å². The summed E-state index contributed by atoms with van der Waals surface area (Å²) >= 11 is 5.69. The third-order valence-corrected chi connectivity index (χ3v) is 7.04. The number of ether oxygens (including phenoxy) is 2. The van der Waals surface area contributed by atoms with Crippen molar-refractivity contribution in [3.63, 3.8) is 0 Å². The number of hydrogen-bond acceptors (Lipinski definition) is 4. The molecule has 0 spiro atoms. The third-order valence-electron chi connectivity index (χ3n) is 4.84. The Balaban J connectivity index is 2.09. The molecule has 1 fully saturated rings. The number of nitrogens with zero attached hydrogens (tertiary/aromatic N) is 1. The Labute approximate surface area is 172 Å². The summed E-state index contributed by atoms with van der Waals surface area (Å²) in [7, 11) is -1.52. The molecule has 0 saturated carbocycles. The van der Waals surface area contributed by atoms with Crippen molar-refractivity contribution in [2.75, 3.05) is 20.8 Å². The van der Waals surface area contributed by atoms with Gasteiger partial charge in [0.15, 0.2) is 0 Å². The van der Waals surface area contributed by atoms with Crippen molar-refractivity contribution >= 4 is 21.6 Å². The van der Waals surface area contributed by atoms with Crippen molar-refractivity contribution in [2.45, 2.75) is 30.0 Å². The quantitative estimate of drug-likeness (QED) is 0.651. The molecule has 1 saturated heterocycles. The van der Waals surface area contributed by atoms with E-state index < -0.39 is 32.7 Å². The zero-order chi connectivity index (χ0) is 21.4. The first-order chi connectivity index (χ1) is 13.6. The van der Waals surface area contributed by atoms with Gasteiger partial charge in [-0.1, -0.05) is 17.7 Å². The van der Waals surface area contributed by atoms with Crippen LogP contribution in [0.15, 0.2) is 41.3 Å². The van der Waals surface area contributed by atoms with Crippen LogP contribution in [0.5, 0.6) is 11.5 Å². The van der Waals surface area contributed by atoms with Crippen molar-refractivity contribution in [1.29, 1.82) is 0 Å². The van der Waals surface area contributed by atoms with Crippen LogP contribution in [-0.2, 0) is 16.2 Å². The lowest BCUT2D eigenvalue weighted by atomic mass is 10.0. The highest BCUT2D eigenvalue weighted by molar-refractivity contribution is 7.89. The minimum atomic E-state index is -4.86. The molecular formula is C19H19ClF3NO4S. The molecular weight excluding hydrogens is 431 g/mol. The summed E-state index contributed by atoms with van der Waals surface area (Å²) < 4.78 is 78.6. The van der Waals surface area contributed by atoms with Crippen LogP contribution in [0.3, 0.4) is 0 Å². The molecule has 1 heterocycles. The summed E-state index contributed by atoms with van der Waals surface area (Å²) in [6.45, 7) is 0.0993. The number of halogens is 4. The van der Waals surface area contributed by atoms with Crippen LogP contribution in [0.2, 0.25) is 5.02 Å². The van der Waals surface area contributed by atoms with Crippen LogP contribution in [0.25, 0.3) is 0 Å². The molecule has 1 aliphatic heterocycles. The van der Waals surface area contributed by atoms with Gasteiger partial charge < -0.3 is 9.47 Å². The molecule has 2 aromatic carbocycles. The molecule has 5 nitrogen and oxygen atoms in total. The van der Waals surface area contributed by atoms with Gasteiger partial charge >= 0.3 is 6.18 Å². The number of methoxy groups -OCH3 is 2. The van der Waals surface area contributed by atoms with Gasteiger partial charge in [-0.3, -0.25) is 0 Å². The second-order valence-corrected chi connectivity index (χ2v) is 8.82. The smallest absolute Gasteiger partial charge is 0.417 e. The molecule has 0 unspecified atom stereocenters. The molecule has 0 aliphatic carbocycles. The van der Waals surface area contributed by atoms with Gasteiger partial charge in [-0.15, -0.1) is 0 Å². The van der Waals surface area contributed by atoms with Crippen molar-refractivity contribution in [1.82, 2.24) is 4.31 Å². The highest BCUT2D eigenvalue weighted by atomic mass is 35.5. The molecule has 1 atom stereocenters. The van der Waals surface area contributed by atoms with E-state index in [1.54, 1.807) is 18.2 Å². The summed E-state index contributed by atoms with van der Waals surface area (Å²) in [5.74, 6) is 0.929. The first-order valence-electron chi connectivity index (χ1n) is 8.70. The first kappa shape index (κ1) is 21.7. The van der Waals surface area contributed by atoms with Gasteiger partial charge in [-0.2, -0.15) is 17.5 Å². The Kier molecular flexibility index (Phi) is 6.03. The maximum absolute atomic E-state index is 13.5. The van der Waals surface area contributed by atoms with E-state index >= 15 is 0 Å². The van der Waals surface area contributed by atoms with Crippen LogP contribution >= 0.6 is 11.6 Å². The molecule has 2 aromatic rings. The second-order valence-electron chi connectivity index (χ2n) is 6.52. The Hall–Kier alpha value is -1.97. The summed E-state index contributed by atoms with van der Waals surface area (Å²) in [6, 6.07) is 6.96. The number of sulfonamides is 1. The van der Waals surface area contributed by atoms with Gasteiger partial charge in [0.05, 0.1) is 30.7 Å². The first-order valence-corrected chi connectivity index (χ1v) is 10.5. The molecule has 29 heavy (non-hydrogen) atoms. The monoisotopic (exact) mass is 449 g/mol. The Morgan fingerprint density at radius 1 is 1.10 bits per heavy atom. The van der Waals surface area contributed by atoms with Gasteiger partial charge in [0.1, 0.15) is 11.5 Å². The van der Waals surface area contributed by atoms with Crippen molar-refractivity contribution in [3.8, 4) is 11.5 Å². The maximum atomic E-state index is 13.5. The average Bonchev–Trinajstić information content (AvgIpc) is 3.17. The average molecular weight is 450 g/mol. The van der Waals surface area contributed by atoms with Crippen LogP contribution in [0.1, 0.15) is 30.0 Å². The topological polar surface area (TPSA) is 55.8 Å². The highest BCUT2D eigenvalue weighted by Crippen LogP contribution is 2.44. The van der Waals surface area contributed by atoms with E-state index in [1.807, 2.05) is 0 Å². The Bertz CT molecular complexity index is 1010. The van der Waals surface area contributed by atoms with Crippen molar-refractivity contribution in [2.24, 2.45) is 0 Å². The van der Waals surface area contributed by atoms with E-state index in [9.17, 15) is 21.6 Å². The molecule has 0 amide bonds. The van der Waals surface area contributed by atoms with Crippen LogP contribution in [-0.4, -0.2) is 33.5 Å². The second kappa shape index (κ2) is 8.04. The van der Waals surface area contributed by atoms with E-state index in [4.69, 9.17) is 21.1 Å². The van der Waals surface area contributed by atoms with E-state index in [0.717, 1.165) is 16.4 Å². The predicted octanol–water partition coefficient (Wildman–Crippen LogP) is 4.90. The number of benzene rings is 2. The molecule has 1 aliphatic rings. The Morgan fingerprint density at radius 3 is 2.45 bits per heavy atom. The predicted molar refractivity (Wildman–Crippen MR) is 102 cm³/mol. The van der Waals surface area contributed by atoms with E-state index in [2.05, 4.69) is 0 Å². The lowest BCUT2D eigenvalue weighted by Gasteiger charge is -2.27. The zero-order valence-corrected chi connectivity index (χ0v) is 17.2. The summed E-state index contributed by atoms with van der Waals surface area (Å²) in [4.78, 5) is -0.811. The van der Waals surface area contributed by atoms with Crippen LogP contribution in [0.4, 0.5) is 13.2 Å². The van der Waals surface area contributed by atoms with Gasteiger partial charge in [-0.05, 0) is 37.1 Å². The fraction of sp³-hybridized carbons (Fsp3) is 0.368. The number of hydrogen-bond donors (Lipinski definition) is 0. The molecule has 0 bridgehead atoms. The normalized spacial score (nSPS) is 18.1.